The Balaban J connectivity index is 2.32. The zero-order chi connectivity index (χ0) is 12.4. The van der Waals surface area contributed by atoms with E-state index in [0.717, 1.165) is 29.8 Å². The molecule has 2 rings (SSSR count). The maximum absolute atomic E-state index is 13.3. The summed E-state index contributed by atoms with van der Waals surface area (Å²) >= 11 is 1.66. The zero-order valence-corrected chi connectivity index (χ0v) is 10.9. The minimum Gasteiger partial charge on any atom is -0.309 e. The fourth-order valence-electron chi connectivity index (χ4n) is 2.29. The maximum atomic E-state index is 13.3. The Morgan fingerprint density at radius 3 is 2.59 bits per heavy atom. The van der Waals surface area contributed by atoms with Crippen LogP contribution in [0.3, 0.4) is 0 Å². The quantitative estimate of drug-likeness (QED) is 0.878. The summed E-state index contributed by atoms with van der Waals surface area (Å²) in [6.45, 7) is 5.00. The first-order chi connectivity index (χ1) is 8.17. The van der Waals surface area contributed by atoms with Gasteiger partial charge in [-0.1, -0.05) is 20.3 Å². The number of benzene rings is 1. The Morgan fingerprint density at radius 1 is 1.24 bits per heavy atom. The molecule has 0 spiro atoms. The molecule has 0 saturated carbocycles. The molecule has 0 radical (unpaired) electrons. The first kappa shape index (κ1) is 12.8. The molecule has 1 N–H and O–H groups in total. The third-order valence-electron chi connectivity index (χ3n) is 3.04. The average Bonchev–Trinajstić information content (AvgIpc) is 2.59. The molecule has 1 aromatic rings. The molecular weight excluding hydrogens is 240 g/mol. The fraction of sp³-hybridized carbons (Fsp3) is 0.538. The van der Waals surface area contributed by atoms with Crippen LogP contribution in [0.2, 0.25) is 0 Å². The second-order valence-electron chi connectivity index (χ2n) is 4.28. The molecule has 0 fully saturated rings. The van der Waals surface area contributed by atoms with Crippen molar-refractivity contribution in [2.75, 3.05) is 6.54 Å². The summed E-state index contributed by atoms with van der Waals surface area (Å²) in [6, 6.07) is 2.82. The number of rotatable bonds is 4. The molecule has 1 aromatic carbocycles. The number of nitrogens with one attached hydrogen (secondary N) is 1. The summed E-state index contributed by atoms with van der Waals surface area (Å²) in [6.07, 6.45) is 2.14. The Bertz CT molecular complexity index is 409. The molecule has 1 aliphatic rings. The van der Waals surface area contributed by atoms with Crippen LogP contribution in [-0.2, 0) is 0 Å². The van der Waals surface area contributed by atoms with E-state index in [-0.39, 0.29) is 6.04 Å². The lowest BCUT2D eigenvalue weighted by molar-refractivity contribution is 0.486. The van der Waals surface area contributed by atoms with Crippen LogP contribution in [0.1, 0.15) is 38.3 Å². The second-order valence-corrected chi connectivity index (χ2v) is 5.57. The van der Waals surface area contributed by atoms with E-state index >= 15 is 0 Å². The summed E-state index contributed by atoms with van der Waals surface area (Å²) in [4.78, 5) is 0.883. The largest absolute Gasteiger partial charge is 0.309 e. The lowest BCUT2D eigenvalue weighted by Gasteiger charge is -2.19. The Hall–Kier alpha value is -0.610. The van der Waals surface area contributed by atoms with Gasteiger partial charge in [0.25, 0.3) is 0 Å². The van der Waals surface area contributed by atoms with E-state index in [1.165, 1.54) is 12.1 Å². The first-order valence-corrected chi connectivity index (χ1v) is 6.94. The monoisotopic (exact) mass is 257 g/mol. The highest BCUT2D eigenvalue weighted by Crippen LogP contribution is 2.46. The summed E-state index contributed by atoms with van der Waals surface area (Å²) in [5, 5.41) is 3.76. The molecule has 1 aliphatic heterocycles. The highest BCUT2D eigenvalue weighted by Gasteiger charge is 2.33. The average molecular weight is 257 g/mol. The van der Waals surface area contributed by atoms with E-state index in [0.29, 0.717) is 5.25 Å². The van der Waals surface area contributed by atoms with Crippen LogP contribution in [0.4, 0.5) is 8.78 Å². The Kier molecular flexibility index (Phi) is 4.05. The van der Waals surface area contributed by atoms with Gasteiger partial charge >= 0.3 is 0 Å². The van der Waals surface area contributed by atoms with Crippen molar-refractivity contribution < 1.29 is 8.78 Å². The van der Waals surface area contributed by atoms with E-state index in [1.54, 1.807) is 11.8 Å². The third-order valence-corrected chi connectivity index (χ3v) is 4.45. The van der Waals surface area contributed by atoms with Gasteiger partial charge in [0.1, 0.15) is 0 Å². The molecule has 4 heteroatoms. The van der Waals surface area contributed by atoms with Crippen molar-refractivity contribution in [3.63, 3.8) is 0 Å². The van der Waals surface area contributed by atoms with Gasteiger partial charge < -0.3 is 5.32 Å². The highest BCUT2D eigenvalue weighted by molar-refractivity contribution is 8.00. The summed E-state index contributed by atoms with van der Waals surface area (Å²) in [7, 11) is 0. The number of hydrogen-bond acceptors (Lipinski definition) is 2. The second kappa shape index (κ2) is 5.36. The van der Waals surface area contributed by atoms with E-state index < -0.39 is 11.6 Å². The molecule has 2 unspecified atom stereocenters. The van der Waals surface area contributed by atoms with Gasteiger partial charge in [-0.05, 0) is 30.7 Å². The normalized spacial score (nSPS) is 22.8. The summed E-state index contributed by atoms with van der Waals surface area (Å²) in [5.74, 6) is -1.49. The SMILES string of the molecule is CCCC1Sc2cc(F)c(F)cc2C1NCC. The van der Waals surface area contributed by atoms with Crippen molar-refractivity contribution in [1.29, 1.82) is 0 Å². The van der Waals surface area contributed by atoms with Gasteiger partial charge in [-0.25, -0.2) is 8.78 Å². The van der Waals surface area contributed by atoms with Crippen LogP contribution in [0, 0.1) is 11.6 Å². The Labute approximate surface area is 105 Å². The minimum atomic E-state index is -0.747. The Morgan fingerprint density at radius 2 is 1.94 bits per heavy atom. The van der Waals surface area contributed by atoms with E-state index in [1.807, 2.05) is 6.92 Å². The topological polar surface area (TPSA) is 12.0 Å². The highest BCUT2D eigenvalue weighted by atomic mass is 32.2. The molecule has 94 valence electrons. The van der Waals surface area contributed by atoms with Gasteiger partial charge in [-0.2, -0.15) is 0 Å². The molecule has 0 saturated heterocycles. The molecule has 1 heterocycles. The van der Waals surface area contributed by atoms with Crippen molar-refractivity contribution in [2.24, 2.45) is 0 Å². The smallest absolute Gasteiger partial charge is 0.159 e. The maximum Gasteiger partial charge on any atom is 0.159 e. The summed E-state index contributed by atoms with van der Waals surface area (Å²) in [5.41, 5.74) is 0.911. The molecule has 17 heavy (non-hydrogen) atoms. The van der Waals surface area contributed by atoms with Gasteiger partial charge in [0.05, 0.1) is 0 Å². The minimum absolute atomic E-state index is 0.148. The number of fused-ring (bicyclic) bond motifs is 1. The molecular formula is C13H17F2NS. The van der Waals surface area contributed by atoms with Crippen LogP contribution in [0.25, 0.3) is 0 Å². The van der Waals surface area contributed by atoms with Gasteiger partial charge in [0, 0.05) is 16.2 Å². The summed E-state index contributed by atoms with van der Waals surface area (Å²) < 4.78 is 26.5. The lowest BCUT2D eigenvalue weighted by Crippen LogP contribution is -2.27. The van der Waals surface area contributed by atoms with Crippen LogP contribution in [0.15, 0.2) is 17.0 Å². The molecule has 0 amide bonds. The molecule has 1 nitrogen and oxygen atoms in total. The van der Waals surface area contributed by atoms with Crippen LogP contribution >= 0.6 is 11.8 Å². The van der Waals surface area contributed by atoms with E-state index in [9.17, 15) is 8.78 Å². The predicted octanol–water partition coefficient (Wildman–Crippen LogP) is 3.89. The van der Waals surface area contributed by atoms with Gasteiger partial charge in [0.2, 0.25) is 0 Å². The van der Waals surface area contributed by atoms with Crippen LogP contribution < -0.4 is 5.32 Å². The fourth-order valence-corrected chi connectivity index (χ4v) is 3.84. The van der Waals surface area contributed by atoms with Crippen LogP contribution in [-0.4, -0.2) is 11.8 Å². The van der Waals surface area contributed by atoms with E-state index in [2.05, 4.69) is 12.2 Å². The number of thioether (sulfide) groups is 1. The van der Waals surface area contributed by atoms with Gasteiger partial charge in [0.15, 0.2) is 11.6 Å². The lowest BCUT2D eigenvalue weighted by atomic mass is 10.0. The molecule has 2 atom stereocenters. The number of halogens is 2. The van der Waals surface area contributed by atoms with Crippen molar-refractivity contribution >= 4 is 11.8 Å². The molecule has 0 aromatic heterocycles. The van der Waals surface area contributed by atoms with E-state index in [4.69, 9.17) is 0 Å². The predicted molar refractivity (Wildman–Crippen MR) is 67.3 cm³/mol. The molecule has 0 bridgehead atoms. The van der Waals surface area contributed by atoms with Gasteiger partial charge in [-0.15, -0.1) is 11.8 Å². The van der Waals surface area contributed by atoms with Crippen molar-refractivity contribution in [3.05, 3.63) is 29.3 Å². The standard InChI is InChI=1S/C13H17F2NS/c1-3-5-11-13(16-4-2)8-6-9(14)10(15)7-12(8)17-11/h6-7,11,13,16H,3-5H2,1-2H3. The van der Waals surface area contributed by atoms with Crippen molar-refractivity contribution in [1.82, 2.24) is 5.32 Å². The van der Waals surface area contributed by atoms with Crippen molar-refractivity contribution in [3.8, 4) is 0 Å². The third kappa shape index (κ3) is 2.47. The number of hydrogen-bond donors (Lipinski definition) is 1. The van der Waals surface area contributed by atoms with Crippen LogP contribution in [0.5, 0.6) is 0 Å². The van der Waals surface area contributed by atoms with Gasteiger partial charge in [-0.3, -0.25) is 0 Å². The zero-order valence-electron chi connectivity index (χ0n) is 10.1. The molecule has 0 aliphatic carbocycles. The van der Waals surface area contributed by atoms with Crippen molar-refractivity contribution in [2.45, 2.75) is 42.9 Å². The first-order valence-electron chi connectivity index (χ1n) is 6.06.